The molecule has 3 aromatic rings. The van der Waals surface area contributed by atoms with Gasteiger partial charge in [-0.25, -0.2) is 13.2 Å². The van der Waals surface area contributed by atoms with Crippen molar-refractivity contribution in [1.82, 2.24) is 8.87 Å². The van der Waals surface area contributed by atoms with Crippen molar-refractivity contribution in [1.29, 1.82) is 0 Å². The maximum absolute atomic E-state index is 13.0. The smallest absolute Gasteiger partial charge is 0.338 e. The van der Waals surface area contributed by atoms with Crippen LogP contribution in [0.25, 0.3) is 10.2 Å². The molecule has 4 rings (SSSR count). The van der Waals surface area contributed by atoms with Crippen LogP contribution in [0.5, 0.6) is 0 Å². The highest BCUT2D eigenvalue weighted by atomic mass is 35.5. The minimum Gasteiger partial charge on any atom is -0.462 e. The van der Waals surface area contributed by atoms with Crippen molar-refractivity contribution < 1.29 is 22.7 Å². The summed E-state index contributed by atoms with van der Waals surface area (Å²) in [4.78, 5) is 29.9. The summed E-state index contributed by atoms with van der Waals surface area (Å²) in [6.07, 6.45) is 6.28. The number of hydrogen-bond donors (Lipinski definition) is 0. The number of terminal acetylenes is 1. The van der Waals surface area contributed by atoms with Gasteiger partial charge in [-0.15, -0.1) is 17.8 Å². The molecule has 184 valence electrons. The Morgan fingerprint density at radius 3 is 2.60 bits per heavy atom. The first kappa shape index (κ1) is 25.6. The average molecular weight is 552 g/mol. The number of piperidine rings is 1. The quantitative estimate of drug-likeness (QED) is 0.343. The number of carbonyl (C=O) groups excluding carboxylic acids is 2. The van der Waals surface area contributed by atoms with Gasteiger partial charge in [0.1, 0.15) is 4.21 Å². The zero-order valence-electron chi connectivity index (χ0n) is 18.8. The second kappa shape index (κ2) is 10.6. The lowest BCUT2D eigenvalue weighted by Crippen LogP contribution is -2.40. The predicted octanol–water partition coefficient (Wildman–Crippen LogP) is 3.76. The second-order valence-electron chi connectivity index (χ2n) is 7.76. The topological polar surface area (TPSA) is 98.0 Å². The van der Waals surface area contributed by atoms with Crippen molar-refractivity contribution in [2.75, 3.05) is 19.7 Å². The van der Waals surface area contributed by atoms with Crippen LogP contribution in [0, 0.1) is 18.3 Å². The molecule has 0 N–H and O–H groups in total. The molecule has 0 unspecified atom stereocenters. The number of amides is 1. The van der Waals surface area contributed by atoms with E-state index in [0.717, 1.165) is 21.6 Å². The molecule has 0 saturated carbocycles. The van der Waals surface area contributed by atoms with Crippen molar-refractivity contribution in [2.45, 2.75) is 30.5 Å². The normalized spacial score (nSPS) is 15.9. The van der Waals surface area contributed by atoms with Gasteiger partial charge in [0.2, 0.25) is 0 Å². The van der Waals surface area contributed by atoms with Gasteiger partial charge in [-0.1, -0.05) is 28.9 Å². The van der Waals surface area contributed by atoms with Gasteiger partial charge in [0, 0.05) is 19.0 Å². The number of aromatic nitrogens is 1. The fourth-order valence-corrected chi connectivity index (χ4v) is 8.02. The largest absolute Gasteiger partial charge is 0.462 e. The first-order valence-electron chi connectivity index (χ1n) is 10.8. The van der Waals surface area contributed by atoms with Crippen LogP contribution in [-0.2, 0) is 26.1 Å². The van der Waals surface area contributed by atoms with Gasteiger partial charge < -0.3 is 9.30 Å². The Kier molecular flexibility index (Phi) is 7.78. The summed E-state index contributed by atoms with van der Waals surface area (Å²) in [5, 5.41) is 0. The summed E-state index contributed by atoms with van der Waals surface area (Å²) in [6.45, 7) is 2.68. The molecule has 8 nitrogen and oxygen atoms in total. The van der Waals surface area contributed by atoms with Crippen molar-refractivity contribution >= 4 is 66.4 Å². The van der Waals surface area contributed by atoms with Gasteiger partial charge >= 0.3 is 5.97 Å². The Morgan fingerprint density at radius 2 is 1.97 bits per heavy atom. The minimum absolute atomic E-state index is 0.194. The molecule has 0 radical (unpaired) electrons. The number of fused-ring (bicyclic) bond motifs is 1. The third-order valence-corrected chi connectivity index (χ3v) is 10.2. The highest BCUT2D eigenvalue weighted by Crippen LogP contribution is 2.31. The summed E-state index contributed by atoms with van der Waals surface area (Å²) in [7, 11) is -3.63. The first-order valence-corrected chi connectivity index (χ1v) is 14.3. The number of carbonyl (C=O) groups is 2. The van der Waals surface area contributed by atoms with E-state index in [2.05, 4.69) is 10.9 Å². The van der Waals surface area contributed by atoms with E-state index >= 15 is 0 Å². The lowest BCUT2D eigenvalue weighted by molar-refractivity contribution is -0.122. The van der Waals surface area contributed by atoms with Crippen LogP contribution in [0.15, 0.2) is 39.5 Å². The van der Waals surface area contributed by atoms with Crippen LogP contribution in [0.3, 0.4) is 0 Å². The Bertz CT molecular complexity index is 1490. The molecule has 3 heterocycles. The minimum atomic E-state index is -3.63. The van der Waals surface area contributed by atoms with Gasteiger partial charge in [0.05, 0.1) is 33.3 Å². The Morgan fingerprint density at radius 1 is 1.23 bits per heavy atom. The van der Waals surface area contributed by atoms with Crippen LogP contribution in [0.1, 0.15) is 30.1 Å². The molecule has 1 saturated heterocycles. The Labute approximate surface area is 215 Å². The van der Waals surface area contributed by atoms with Gasteiger partial charge in [0.15, 0.2) is 4.80 Å². The number of thiophene rings is 1. The van der Waals surface area contributed by atoms with E-state index in [9.17, 15) is 18.0 Å². The first-order chi connectivity index (χ1) is 16.7. The number of nitrogens with zero attached hydrogens (tertiary/aromatic N) is 3. The van der Waals surface area contributed by atoms with E-state index in [1.807, 2.05) is 0 Å². The van der Waals surface area contributed by atoms with E-state index in [0.29, 0.717) is 27.5 Å². The number of thiazole rings is 1. The predicted molar refractivity (Wildman–Crippen MR) is 136 cm³/mol. The Balaban J connectivity index is 1.55. The SMILES string of the molecule is C#CCn1c(=NC(=O)C2CCN(S(=O)(=O)c3ccc(Cl)s3)CC2)sc2cc(C(=O)OCC)ccc21. The van der Waals surface area contributed by atoms with E-state index in [-0.39, 0.29) is 36.4 Å². The molecule has 2 aromatic heterocycles. The fraction of sp³-hybridized carbons (Fsp3) is 0.348. The third kappa shape index (κ3) is 5.37. The van der Waals surface area contributed by atoms with Crippen LogP contribution in [0.4, 0.5) is 0 Å². The zero-order valence-corrected chi connectivity index (χ0v) is 22.0. The van der Waals surface area contributed by atoms with E-state index in [1.165, 1.54) is 21.7 Å². The summed E-state index contributed by atoms with van der Waals surface area (Å²) >= 11 is 8.17. The van der Waals surface area contributed by atoms with Crippen molar-refractivity contribution in [3.05, 3.63) is 45.0 Å². The molecule has 1 aromatic carbocycles. The molecule has 1 amide bonds. The maximum Gasteiger partial charge on any atom is 0.338 e. The van der Waals surface area contributed by atoms with Crippen LogP contribution >= 0.6 is 34.3 Å². The highest BCUT2D eigenvalue weighted by molar-refractivity contribution is 7.91. The summed E-state index contributed by atoms with van der Waals surface area (Å²) in [5.41, 5.74) is 1.18. The van der Waals surface area contributed by atoms with E-state index in [4.69, 9.17) is 22.8 Å². The molecule has 12 heteroatoms. The number of ether oxygens (including phenoxy) is 1. The lowest BCUT2D eigenvalue weighted by Gasteiger charge is -2.29. The molecule has 0 aliphatic carbocycles. The van der Waals surface area contributed by atoms with Crippen molar-refractivity contribution in [3.63, 3.8) is 0 Å². The third-order valence-electron chi connectivity index (χ3n) is 5.59. The van der Waals surface area contributed by atoms with Gasteiger partial charge in [-0.05, 0) is 50.1 Å². The summed E-state index contributed by atoms with van der Waals surface area (Å²) < 4.78 is 35.2. The van der Waals surface area contributed by atoms with E-state index < -0.39 is 21.9 Å². The van der Waals surface area contributed by atoms with Gasteiger partial charge in [-0.2, -0.15) is 9.30 Å². The Hall–Kier alpha value is -2.49. The summed E-state index contributed by atoms with van der Waals surface area (Å²) in [5.74, 6) is 1.44. The molecule has 1 aliphatic rings. The van der Waals surface area contributed by atoms with Gasteiger partial charge in [0.25, 0.3) is 15.9 Å². The number of halogens is 1. The molecule has 1 aliphatic heterocycles. The molecule has 0 atom stereocenters. The number of rotatable bonds is 6. The fourth-order valence-electron chi connectivity index (χ4n) is 3.84. The molecule has 0 spiro atoms. The van der Waals surface area contributed by atoms with Crippen molar-refractivity contribution in [2.24, 2.45) is 10.9 Å². The van der Waals surface area contributed by atoms with Crippen LogP contribution < -0.4 is 4.80 Å². The average Bonchev–Trinajstić information content (AvgIpc) is 3.43. The maximum atomic E-state index is 13.0. The molecule has 0 bridgehead atoms. The standard InChI is InChI=1S/C23H22ClN3O5S3/c1-3-11-27-17-6-5-16(22(29)32-4-2)14-18(17)33-23(27)25-21(28)15-9-12-26(13-10-15)35(30,31)20-8-7-19(24)34-20/h1,5-8,14-15H,4,9-13H2,2H3. The number of benzene rings is 1. The summed E-state index contributed by atoms with van der Waals surface area (Å²) in [6, 6.07) is 8.17. The lowest BCUT2D eigenvalue weighted by atomic mass is 9.98. The highest BCUT2D eigenvalue weighted by Gasteiger charge is 2.33. The van der Waals surface area contributed by atoms with Crippen molar-refractivity contribution in [3.8, 4) is 12.3 Å². The molecule has 35 heavy (non-hydrogen) atoms. The number of esters is 1. The molecular formula is C23H22ClN3O5S3. The number of sulfonamides is 1. The van der Waals surface area contributed by atoms with Crippen LogP contribution in [-0.4, -0.2) is 48.9 Å². The second-order valence-corrected chi connectivity index (χ2v) is 12.7. The van der Waals surface area contributed by atoms with Gasteiger partial charge in [-0.3, -0.25) is 4.79 Å². The molecular weight excluding hydrogens is 530 g/mol. The molecule has 1 fully saturated rings. The van der Waals surface area contributed by atoms with E-state index in [1.54, 1.807) is 35.8 Å². The monoisotopic (exact) mass is 551 g/mol. The zero-order chi connectivity index (χ0) is 25.2. The number of hydrogen-bond acceptors (Lipinski definition) is 7. The van der Waals surface area contributed by atoms with Crippen LogP contribution in [0.2, 0.25) is 4.34 Å².